The lowest BCUT2D eigenvalue weighted by atomic mass is 9.90. The lowest BCUT2D eigenvalue weighted by Gasteiger charge is -2.15. The molecule has 0 spiro atoms. The molecule has 2 aromatic carbocycles. The summed E-state index contributed by atoms with van der Waals surface area (Å²) in [5, 5.41) is 0. The molecule has 0 amide bonds. The Balaban J connectivity index is 2.37. The van der Waals surface area contributed by atoms with Crippen molar-refractivity contribution in [2.24, 2.45) is 0 Å². The highest BCUT2D eigenvalue weighted by atomic mass is 19.1. The van der Waals surface area contributed by atoms with Crippen molar-refractivity contribution >= 4 is 11.8 Å². The van der Waals surface area contributed by atoms with Crippen LogP contribution in [0.4, 0.5) is 4.39 Å². The first-order valence-corrected chi connectivity index (χ1v) is 7.17. The summed E-state index contributed by atoms with van der Waals surface area (Å²) in [7, 11) is 1.52. The second kappa shape index (κ2) is 7.54. The molecule has 0 saturated carbocycles. The van der Waals surface area contributed by atoms with Gasteiger partial charge in [-0.2, -0.15) is 0 Å². The molecular weight excluding hydrogens is 299 g/mol. The summed E-state index contributed by atoms with van der Waals surface area (Å²) in [5.74, 6) is -2.01. The minimum absolute atomic E-state index is 0.159. The van der Waals surface area contributed by atoms with Crippen LogP contribution in [0.15, 0.2) is 48.5 Å². The van der Waals surface area contributed by atoms with Crippen molar-refractivity contribution in [2.75, 3.05) is 13.7 Å². The third-order valence-corrected chi connectivity index (χ3v) is 3.36. The molecule has 5 heteroatoms. The van der Waals surface area contributed by atoms with Crippen molar-refractivity contribution in [2.45, 2.75) is 12.8 Å². The first kappa shape index (κ1) is 16.7. The van der Waals surface area contributed by atoms with Gasteiger partial charge in [0.1, 0.15) is 17.5 Å². The van der Waals surface area contributed by atoms with E-state index in [2.05, 4.69) is 0 Å². The summed E-state index contributed by atoms with van der Waals surface area (Å²) in [4.78, 5) is 24.9. The van der Waals surface area contributed by atoms with Gasteiger partial charge in [0.05, 0.1) is 13.7 Å². The molecule has 4 nitrogen and oxygen atoms in total. The molecule has 1 atom stereocenters. The Hall–Kier alpha value is -2.69. The van der Waals surface area contributed by atoms with Gasteiger partial charge in [-0.3, -0.25) is 9.59 Å². The average molecular weight is 316 g/mol. The number of carbonyl (C=O) groups is 2. The molecule has 1 unspecified atom stereocenters. The van der Waals surface area contributed by atoms with Crippen LogP contribution in [0.2, 0.25) is 0 Å². The zero-order valence-electron chi connectivity index (χ0n) is 12.9. The number of esters is 1. The van der Waals surface area contributed by atoms with E-state index in [0.29, 0.717) is 16.9 Å². The molecule has 2 rings (SSSR count). The third-order valence-electron chi connectivity index (χ3n) is 3.36. The van der Waals surface area contributed by atoms with E-state index in [1.54, 1.807) is 31.2 Å². The number of rotatable bonds is 6. The van der Waals surface area contributed by atoms with Gasteiger partial charge in [-0.05, 0) is 48.9 Å². The van der Waals surface area contributed by atoms with Crippen LogP contribution in [0, 0.1) is 5.82 Å². The normalized spacial score (nSPS) is 11.6. The van der Waals surface area contributed by atoms with E-state index in [1.807, 2.05) is 0 Å². The minimum atomic E-state index is -1.12. The summed E-state index contributed by atoms with van der Waals surface area (Å²) in [5.41, 5.74) is 0.749. The van der Waals surface area contributed by atoms with Crippen LogP contribution in [0.3, 0.4) is 0 Å². The largest absolute Gasteiger partial charge is 0.497 e. The van der Waals surface area contributed by atoms with Gasteiger partial charge >= 0.3 is 5.97 Å². The van der Waals surface area contributed by atoms with Gasteiger partial charge in [-0.1, -0.05) is 12.1 Å². The summed E-state index contributed by atoms with van der Waals surface area (Å²) in [6.07, 6.45) is 0. The summed E-state index contributed by atoms with van der Waals surface area (Å²) < 4.78 is 23.1. The highest BCUT2D eigenvalue weighted by Crippen LogP contribution is 2.24. The molecular formula is C18H17FO4. The highest BCUT2D eigenvalue weighted by Gasteiger charge is 2.30. The average Bonchev–Trinajstić information content (AvgIpc) is 2.57. The topological polar surface area (TPSA) is 52.6 Å². The van der Waals surface area contributed by atoms with Crippen molar-refractivity contribution in [1.82, 2.24) is 0 Å². The maximum absolute atomic E-state index is 13.1. The van der Waals surface area contributed by atoms with Crippen molar-refractivity contribution in [3.63, 3.8) is 0 Å². The fraction of sp³-hybridized carbons (Fsp3) is 0.222. The van der Waals surface area contributed by atoms with Crippen molar-refractivity contribution < 1.29 is 23.5 Å². The number of halogens is 1. The SMILES string of the molecule is CCOC(=O)C(C(=O)c1ccc(OC)cc1)c1ccc(F)cc1. The van der Waals surface area contributed by atoms with Gasteiger partial charge in [0, 0.05) is 5.56 Å². The zero-order valence-corrected chi connectivity index (χ0v) is 12.9. The molecule has 0 aromatic heterocycles. The first-order valence-electron chi connectivity index (χ1n) is 7.17. The molecule has 2 aromatic rings. The maximum Gasteiger partial charge on any atom is 0.321 e. The van der Waals surface area contributed by atoms with Gasteiger partial charge < -0.3 is 9.47 Å². The van der Waals surface area contributed by atoms with Crippen molar-refractivity contribution in [3.8, 4) is 5.75 Å². The Morgan fingerprint density at radius 3 is 2.17 bits per heavy atom. The lowest BCUT2D eigenvalue weighted by molar-refractivity contribution is -0.143. The van der Waals surface area contributed by atoms with Crippen LogP contribution in [-0.4, -0.2) is 25.5 Å². The van der Waals surface area contributed by atoms with Crippen LogP contribution in [0.5, 0.6) is 5.75 Å². The third kappa shape index (κ3) is 3.94. The van der Waals surface area contributed by atoms with Gasteiger partial charge in [0.25, 0.3) is 0 Å². The Kier molecular flexibility index (Phi) is 5.46. The molecule has 0 radical (unpaired) electrons. The Morgan fingerprint density at radius 1 is 1.04 bits per heavy atom. The number of hydrogen-bond acceptors (Lipinski definition) is 4. The molecule has 0 saturated heterocycles. The quantitative estimate of drug-likeness (QED) is 0.466. The molecule has 0 bridgehead atoms. The predicted molar refractivity (Wildman–Crippen MR) is 83.1 cm³/mol. The highest BCUT2D eigenvalue weighted by molar-refractivity contribution is 6.13. The van der Waals surface area contributed by atoms with Crippen molar-refractivity contribution in [1.29, 1.82) is 0 Å². The van der Waals surface area contributed by atoms with Crippen LogP contribution in [0.25, 0.3) is 0 Å². The monoisotopic (exact) mass is 316 g/mol. The van der Waals surface area contributed by atoms with Crippen LogP contribution >= 0.6 is 0 Å². The van der Waals surface area contributed by atoms with Crippen molar-refractivity contribution in [3.05, 3.63) is 65.5 Å². The number of carbonyl (C=O) groups excluding carboxylic acids is 2. The minimum Gasteiger partial charge on any atom is -0.497 e. The summed E-state index contributed by atoms with van der Waals surface area (Å²) in [6, 6.07) is 11.7. The number of ether oxygens (including phenoxy) is 2. The Morgan fingerprint density at radius 2 is 1.65 bits per heavy atom. The van der Waals surface area contributed by atoms with E-state index in [0.717, 1.165) is 0 Å². The van der Waals surface area contributed by atoms with E-state index in [1.165, 1.54) is 31.4 Å². The maximum atomic E-state index is 13.1. The van der Waals surface area contributed by atoms with Gasteiger partial charge in [-0.15, -0.1) is 0 Å². The molecule has 23 heavy (non-hydrogen) atoms. The number of Topliss-reactive ketones (excluding diaryl/α,β-unsaturated/α-hetero) is 1. The Labute approximate surface area is 133 Å². The molecule has 0 aliphatic carbocycles. The molecule has 0 aliphatic rings. The number of methoxy groups -OCH3 is 1. The molecule has 0 fully saturated rings. The number of ketones is 1. The number of benzene rings is 2. The summed E-state index contributed by atoms with van der Waals surface area (Å²) in [6.45, 7) is 1.82. The van der Waals surface area contributed by atoms with Crippen LogP contribution in [-0.2, 0) is 9.53 Å². The van der Waals surface area contributed by atoms with Gasteiger partial charge in [-0.25, -0.2) is 4.39 Å². The fourth-order valence-electron chi connectivity index (χ4n) is 2.20. The van der Waals surface area contributed by atoms with E-state index in [4.69, 9.17) is 9.47 Å². The second-order valence-corrected chi connectivity index (χ2v) is 4.83. The molecule has 0 heterocycles. The van der Waals surface area contributed by atoms with Crippen LogP contribution in [0.1, 0.15) is 28.8 Å². The number of hydrogen-bond donors (Lipinski definition) is 0. The second-order valence-electron chi connectivity index (χ2n) is 4.83. The lowest BCUT2D eigenvalue weighted by Crippen LogP contribution is -2.24. The van der Waals surface area contributed by atoms with E-state index >= 15 is 0 Å². The smallest absolute Gasteiger partial charge is 0.321 e. The standard InChI is InChI=1S/C18H17FO4/c1-3-23-18(21)16(12-4-8-14(19)9-5-12)17(20)13-6-10-15(22-2)11-7-13/h4-11,16H,3H2,1-2H3. The molecule has 0 aliphatic heterocycles. The van der Waals surface area contributed by atoms with E-state index in [-0.39, 0.29) is 6.61 Å². The van der Waals surface area contributed by atoms with E-state index in [9.17, 15) is 14.0 Å². The van der Waals surface area contributed by atoms with Gasteiger partial charge in [0.2, 0.25) is 0 Å². The predicted octanol–water partition coefficient (Wildman–Crippen LogP) is 3.36. The summed E-state index contributed by atoms with van der Waals surface area (Å²) >= 11 is 0. The molecule has 120 valence electrons. The fourth-order valence-corrected chi connectivity index (χ4v) is 2.20. The van der Waals surface area contributed by atoms with Crippen LogP contribution < -0.4 is 4.74 Å². The molecule has 0 N–H and O–H groups in total. The first-order chi connectivity index (χ1) is 11.1. The van der Waals surface area contributed by atoms with Gasteiger partial charge in [0.15, 0.2) is 5.78 Å². The Bertz CT molecular complexity index is 677. The van der Waals surface area contributed by atoms with E-state index < -0.39 is 23.5 Å². The zero-order chi connectivity index (χ0) is 16.8.